The number of pyridine rings is 1. The van der Waals surface area contributed by atoms with Gasteiger partial charge in [-0.3, -0.25) is 4.79 Å². The molecule has 1 aromatic heterocycles. The van der Waals surface area contributed by atoms with Gasteiger partial charge < -0.3 is 15.7 Å². The number of carboxylic acids is 1. The zero-order chi connectivity index (χ0) is 16.0. The van der Waals surface area contributed by atoms with E-state index in [1.54, 1.807) is 6.92 Å². The maximum Gasteiger partial charge on any atom is 0.433 e. The molecule has 2 amide bonds. The van der Waals surface area contributed by atoms with E-state index < -0.39 is 29.9 Å². The van der Waals surface area contributed by atoms with Crippen molar-refractivity contribution in [2.24, 2.45) is 0 Å². The van der Waals surface area contributed by atoms with Gasteiger partial charge in [0.2, 0.25) is 0 Å². The molecule has 0 fully saturated rings. The number of aromatic nitrogens is 1. The van der Waals surface area contributed by atoms with Crippen LogP contribution in [-0.4, -0.2) is 28.1 Å². The Morgan fingerprint density at radius 2 is 2.05 bits per heavy atom. The van der Waals surface area contributed by atoms with Crippen LogP contribution in [0.3, 0.4) is 0 Å². The fourth-order valence-electron chi connectivity index (χ4n) is 1.50. The van der Waals surface area contributed by atoms with Crippen LogP contribution in [0.25, 0.3) is 0 Å². The van der Waals surface area contributed by atoms with E-state index in [9.17, 15) is 22.8 Å². The van der Waals surface area contributed by atoms with E-state index in [2.05, 4.69) is 15.6 Å². The van der Waals surface area contributed by atoms with E-state index in [1.165, 1.54) is 0 Å². The van der Waals surface area contributed by atoms with Crippen LogP contribution >= 0.6 is 0 Å². The summed E-state index contributed by atoms with van der Waals surface area (Å²) in [4.78, 5) is 25.3. The second-order valence-corrected chi connectivity index (χ2v) is 4.23. The first-order chi connectivity index (χ1) is 9.72. The molecule has 1 unspecified atom stereocenters. The maximum atomic E-state index is 12.3. The number of carbonyl (C=O) groups is 2. The summed E-state index contributed by atoms with van der Waals surface area (Å²) in [5.41, 5.74) is -0.989. The Hall–Kier alpha value is -2.32. The molecule has 1 atom stereocenters. The van der Waals surface area contributed by atoms with Crippen LogP contribution in [0, 0.1) is 0 Å². The number of carboxylic acid groups (broad SMARTS) is 1. The van der Waals surface area contributed by atoms with Crippen molar-refractivity contribution in [3.8, 4) is 0 Å². The lowest BCUT2D eigenvalue weighted by atomic mass is 10.1. The predicted molar refractivity (Wildman–Crippen MR) is 67.7 cm³/mol. The van der Waals surface area contributed by atoms with Crippen LogP contribution in [0.4, 0.5) is 23.7 Å². The number of carbonyl (C=O) groups excluding carboxylic acids is 1. The van der Waals surface area contributed by atoms with E-state index in [0.717, 1.165) is 18.3 Å². The van der Waals surface area contributed by atoms with Crippen molar-refractivity contribution in [1.29, 1.82) is 0 Å². The molecule has 0 aliphatic carbocycles. The van der Waals surface area contributed by atoms with Crippen molar-refractivity contribution >= 4 is 17.7 Å². The zero-order valence-electron chi connectivity index (χ0n) is 11.1. The van der Waals surface area contributed by atoms with Gasteiger partial charge in [0.15, 0.2) is 0 Å². The molecule has 21 heavy (non-hydrogen) atoms. The molecule has 0 aromatic carbocycles. The van der Waals surface area contributed by atoms with E-state index in [-0.39, 0.29) is 12.1 Å². The maximum absolute atomic E-state index is 12.3. The Labute approximate surface area is 118 Å². The number of halogens is 3. The smallest absolute Gasteiger partial charge is 0.433 e. The molecule has 0 aliphatic heterocycles. The molecule has 116 valence electrons. The van der Waals surface area contributed by atoms with Crippen LogP contribution < -0.4 is 10.6 Å². The standard InChI is InChI=1S/C12H14F3N3O3/c1-2-7(5-10(19)20)17-11(21)18-8-3-4-9(16-6-8)12(13,14)15/h3-4,6-7H,2,5H2,1H3,(H,19,20)(H2,17,18,21). The van der Waals surface area contributed by atoms with Crippen molar-refractivity contribution in [1.82, 2.24) is 10.3 Å². The first-order valence-corrected chi connectivity index (χ1v) is 6.05. The summed E-state index contributed by atoms with van der Waals surface area (Å²) in [5, 5.41) is 13.3. The highest BCUT2D eigenvalue weighted by Crippen LogP contribution is 2.27. The molecule has 3 N–H and O–H groups in total. The lowest BCUT2D eigenvalue weighted by Crippen LogP contribution is -2.38. The number of nitrogens with zero attached hydrogens (tertiary/aromatic N) is 1. The molecule has 9 heteroatoms. The van der Waals surface area contributed by atoms with Crippen molar-refractivity contribution in [2.75, 3.05) is 5.32 Å². The molecule has 1 aromatic rings. The van der Waals surface area contributed by atoms with Gasteiger partial charge in [0.05, 0.1) is 18.3 Å². The first kappa shape index (κ1) is 16.7. The van der Waals surface area contributed by atoms with Crippen molar-refractivity contribution < 1.29 is 27.9 Å². The van der Waals surface area contributed by atoms with Crippen LogP contribution in [0.1, 0.15) is 25.5 Å². The number of alkyl halides is 3. The number of amides is 2. The molecule has 1 rings (SSSR count). The number of aliphatic carboxylic acids is 1. The van der Waals surface area contributed by atoms with Crippen molar-refractivity contribution in [3.63, 3.8) is 0 Å². The van der Waals surface area contributed by atoms with Crippen molar-refractivity contribution in [2.45, 2.75) is 32.0 Å². The highest BCUT2D eigenvalue weighted by Gasteiger charge is 2.32. The summed E-state index contributed by atoms with van der Waals surface area (Å²) in [6, 6.07) is 0.534. The molecular weight excluding hydrogens is 291 g/mol. The largest absolute Gasteiger partial charge is 0.481 e. The summed E-state index contributed by atoms with van der Waals surface area (Å²) in [6.07, 6.45) is -3.50. The second-order valence-electron chi connectivity index (χ2n) is 4.23. The molecule has 0 spiro atoms. The molecule has 0 bridgehead atoms. The molecule has 0 saturated carbocycles. The van der Waals surface area contributed by atoms with Crippen LogP contribution in [-0.2, 0) is 11.0 Å². The van der Waals surface area contributed by atoms with Gasteiger partial charge in [-0.2, -0.15) is 13.2 Å². The third-order valence-corrected chi connectivity index (χ3v) is 2.56. The summed E-state index contributed by atoms with van der Waals surface area (Å²) in [6.45, 7) is 1.70. The van der Waals surface area contributed by atoms with Gasteiger partial charge in [0.1, 0.15) is 5.69 Å². The van der Waals surface area contributed by atoms with E-state index in [1.807, 2.05) is 0 Å². The first-order valence-electron chi connectivity index (χ1n) is 6.05. The van der Waals surface area contributed by atoms with Gasteiger partial charge in [-0.15, -0.1) is 0 Å². The summed E-state index contributed by atoms with van der Waals surface area (Å²) < 4.78 is 36.9. The van der Waals surface area contributed by atoms with Gasteiger partial charge in [-0.25, -0.2) is 9.78 Å². The minimum absolute atomic E-state index is 0.0747. The minimum Gasteiger partial charge on any atom is -0.481 e. The third-order valence-electron chi connectivity index (χ3n) is 2.56. The van der Waals surface area contributed by atoms with E-state index in [4.69, 9.17) is 5.11 Å². The average molecular weight is 305 g/mol. The number of hydrogen-bond acceptors (Lipinski definition) is 3. The van der Waals surface area contributed by atoms with Gasteiger partial charge in [0, 0.05) is 6.04 Å². The molecular formula is C12H14F3N3O3. The highest BCUT2D eigenvalue weighted by molar-refractivity contribution is 5.89. The van der Waals surface area contributed by atoms with Crippen molar-refractivity contribution in [3.05, 3.63) is 24.0 Å². The lowest BCUT2D eigenvalue weighted by Gasteiger charge is -2.15. The fraction of sp³-hybridized carbons (Fsp3) is 0.417. The van der Waals surface area contributed by atoms with Crippen LogP contribution in [0.15, 0.2) is 18.3 Å². The molecule has 1 heterocycles. The predicted octanol–water partition coefficient (Wildman–Crippen LogP) is 2.48. The fourth-order valence-corrected chi connectivity index (χ4v) is 1.50. The number of hydrogen-bond donors (Lipinski definition) is 3. The summed E-state index contributed by atoms with van der Waals surface area (Å²) in [7, 11) is 0. The highest BCUT2D eigenvalue weighted by atomic mass is 19.4. The molecule has 0 radical (unpaired) electrons. The Kier molecular flexibility index (Phi) is 5.51. The second kappa shape index (κ2) is 6.91. The Bertz CT molecular complexity index is 503. The third kappa shape index (κ3) is 5.67. The topological polar surface area (TPSA) is 91.3 Å². The Morgan fingerprint density at radius 3 is 2.48 bits per heavy atom. The summed E-state index contributed by atoms with van der Waals surface area (Å²) in [5.74, 6) is -1.06. The van der Waals surface area contributed by atoms with Gasteiger partial charge in [-0.05, 0) is 18.6 Å². The van der Waals surface area contributed by atoms with E-state index in [0.29, 0.717) is 6.42 Å². The van der Waals surface area contributed by atoms with E-state index >= 15 is 0 Å². The SMILES string of the molecule is CCC(CC(=O)O)NC(=O)Nc1ccc(C(F)(F)F)nc1. The number of nitrogens with one attached hydrogen (secondary N) is 2. The van der Waals surface area contributed by atoms with Gasteiger partial charge in [-0.1, -0.05) is 6.92 Å². The molecule has 0 saturated heterocycles. The normalized spacial score (nSPS) is 12.6. The minimum atomic E-state index is -4.55. The quantitative estimate of drug-likeness (QED) is 0.779. The zero-order valence-corrected chi connectivity index (χ0v) is 11.1. The Morgan fingerprint density at radius 1 is 1.38 bits per heavy atom. The number of urea groups is 1. The molecule has 6 nitrogen and oxygen atoms in total. The monoisotopic (exact) mass is 305 g/mol. The van der Waals surface area contributed by atoms with Gasteiger partial charge in [0.25, 0.3) is 0 Å². The number of anilines is 1. The van der Waals surface area contributed by atoms with Crippen LogP contribution in [0.5, 0.6) is 0 Å². The average Bonchev–Trinajstić information content (AvgIpc) is 2.36. The van der Waals surface area contributed by atoms with Crippen LogP contribution in [0.2, 0.25) is 0 Å². The Balaban J connectivity index is 2.60. The molecule has 0 aliphatic rings. The summed E-state index contributed by atoms with van der Waals surface area (Å²) >= 11 is 0. The lowest BCUT2D eigenvalue weighted by molar-refractivity contribution is -0.141. The number of rotatable bonds is 5. The van der Waals surface area contributed by atoms with Gasteiger partial charge >= 0.3 is 18.2 Å².